The van der Waals surface area contributed by atoms with Gasteiger partial charge in [-0.05, 0) is 47.0 Å². The molecule has 5 aromatic rings. The van der Waals surface area contributed by atoms with E-state index in [-0.39, 0.29) is 0 Å². The van der Waals surface area contributed by atoms with E-state index < -0.39 is 5.41 Å². The van der Waals surface area contributed by atoms with Gasteiger partial charge in [-0.15, -0.1) is 0 Å². The second-order valence-corrected chi connectivity index (χ2v) is 11.1. The maximum Gasteiger partial charge on any atom is 0.213 e. The number of unbranched alkanes of at least 4 members (excludes halogenated alkanes) is 2. The molecule has 3 aromatic carbocycles. The first-order valence-corrected chi connectivity index (χ1v) is 14.9. The summed E-state index contributed by atoms with van der Waals surface area (Å²) in [5.41, 5.74) is 8.52. The fourth-order valence-electron chi connectivity index (χ4n) is 6.61. The molecular weight excluding hydrogens is 504 g/mol. The number of methoxy groups -OCH3 is 2. The van der Waals surface area contributed by atoms with E-state index in [1.54, 1.807) is 14.2 Å². The maximum atomic E-state index is 5.60. The van der Waals surface area contributed by atoms with Crippen LogP contribution in [0.3, 0.4) is 0 Å². The summed E-state index contributed by atoms with van der Waals surface area (Å²) in [6.07, 6.45) is 11.7. The Kier molecular flexibility index (Phi) is 7.49. The topological polar surface area (TPSA) is 26.2 Å². The number of rotatable bonds is 10. The van der Waals surface area contributed by atoms with Crippen LogP contribution in [0, 0.1) is 0 Å². The van der Waals surface area contributed by atoms with Crippen molar-refractivity contribution in [3.8, 4) is 22.6 Å². The van der Waals surface area contributed by atoms with Crippen molar-refractivity contribution in [2.45, 2.75) is 58.0 Å². The summed E-state index contributed by atoms with van der Waals surface area (Å²) in [4.78, 5) is 0. The van der Waals surface area contributed by atoms with Crippen molar-refractivity contribution in [2.24, 2.45) is 0 Å². The lowest BCUT2D eigenvalue weighted by molar-refractivity contribution is -0.697. The number of hydrogen-bond acceptors (Lipinski definition) is 2. The van der Waals surface area contributed by atoms with Gasteiger partial charge in [-0.25, -0.2) is 4.57 Å². The van der Waals surface area contributed by atoms with Gasteiger partial charge in [0.1, 0.15) is 24.6 Å². The largest absolute Gasteiger partial charge is 0.497 e. The third-order valence-electron chi connectivity index (χ3n) is 8.70. The molecule has 0 bridgehead atoms. The Bertz CT molecular complexity index is 1630. The van der Waals surface area contributed by atoms with E-state index in [4.69, 9.17) is 9.47 Å². The van der Waals surface area contributed by atoms with E-state index in [0.717, 1.165) is 50.3 Å². The number of para-hydroxylation sites is 1. The van der Waals surface area contributed by atoms with Crippen molar-refractivity contribution < 1.29 is 18.6 Å². The second-order valence-electron chi connectivity index (χ2n) is 11.1. The number of nitrogens with zero attached hydrogens (tertiary/aromatic N) is 2. The molecular formula is C37H40N2O2+2. The Labute approximate surface area is 243 Å². The minimum atomic E-state index is -0.504. The normalized spacial score (nSPS) is 13.2. The van der Waals surface area contributed by atoms with Gasteiger partial charge >= 0.3 is 0 Å². The van der Waals surface area contributed by atoms with Crippen LogP contribution in [-0.4, -0.2) is 14.2 Å². The molecule has 4 heteroatoms. The van der Waals surface area contributed by atoms with Gasteiger partial charge in [0, 0.05) is 41.7 Å². The first kappa shape index (κ1) is 27.0. The number of hydrogen-bond donors (Lipinski definition) is 0. The molecule has 0 spiro atoms. The Morgan fingerprint density at radius 2 is 1.27 bits per heavy atom. The van der Waals surface area contributed by atoms with Crippen molar-refractivity contribution in [2.75, 3.05) is 14.2 Å². The van der Waals surface area contributed by atoms with Gasteiger partial charge in [-0.3, -0.25) is 0 Å². The molecule has 0 unspecified atom stereocenters. The summed E-state index contributed by atoms with van der Waals surface area (Å²) in [5, 5.41) is 1.30. The summed E-state index contributed by atoms with van der Waals surface area (Å²) in [6, 6.07) is 28.6. The molecule has 0 N–H and O–H groups in total. The van der Waals surface area contributed by atoms with Gasteiger partial charge in [-0.2, -0.15) is 4.57 Å². The third-order valence-corrected chi connectivity index (χ3v) is 8.70. The van der Waals surface area contributed by atoms with Crippen LogP contribution in [0.15, 0.2) is 97.5 Å². The predicted octanol–water partition coefficient (Wildman–Crippen LogP) is 7.40. The molecule has 0 saturated heterocycles. The number of fused-ring (bicyclic) bond motifs is 5. The van der Waals surface area contributed by atoms with Gasteiger partial charge in [0.2, 0.25) is 5.52 Å². The van der Waals surface area contributed by atoms with Crippen molar-refractivity contribution in [1.29, 1.82) is 0 Å². The van der Waals surface area contributed by atoms with Gasteiger partial charge in [0.25, 0.3) is 0 Å². The van der Waals surface area contributed by atoms with Crippen LogP contribution in [0.1, 0.15) is 61.8 Å². The number of ether oxygens (including phenoxy) is 2. The molecule has 0 atom stereocenters. The van der Waals surface area contributed by atoms with Crippen molar-refractivity contribution in [1.82, 2.24) is 0 Å². The Balaban J connectivity index is 1.76. The molecule has 1 aliphatic rings. The summed E-state index contributed by atoms with van der Waals surface area (Å²) in [5.74, 6) is 1.72. The van der Waals surface area contributed by atoms with E-state index in [9.17, 15) is 0 Å². The standard InChI is InChI=1S/C37H40N2O2/c1-5-7-22-38-24-21-31-33(25-38)37(27-13-17-29(40-3)18-14-27,28-15-19-30(41-4)20-16-28)34-26-39(23-8-6-2)35-12-10-9-11-32(35)36(31)34/h9-21,24-26H,5-8,22-23H2,1-4H3/q+2. The minimum Gasteiger partial charge on any atom is -0.497 e. The number of aryl methyl sites for hydroxylation is 2. The fourth-order valence-corrected chi connectivity index (χ4v) is 6.61. The summed E-state index contributed by atoms with van der Waals surface area (Å²) in [6.45, 7) is 6.50. The lowest BCUT2D eigenvalue weighted by atomic mass is 9.68. The van der Waals surface area contributed by atoms with Crippen LogP contribution in [0.25, 0.3) is 22.0 Å². The van der Waals surface area contributed by atoms with E-state index in [1.165, 1.54) is 44.3 Å². The molecule has 0 fully saturated rings. The lowest BCUT2D eigenvalue weighted by Crippen LogP contribution is -2.39. The van der Waals surface area contributed by atoms with Crippen LogP contribution >= 0.6 is 0 Å². The Hall–Kier alpha value is -4.18. The first-order chi connectivity index (χ1) is 20.1. The SMILES string of the molecule is CCCC[n+]1ccc2c(c1)C(c1ccc(OC)cc1)(c1ccc(OC)cc1)c1c[n+](CCCC)c3ccccc3c1-2. The van der Waals surface area contributed by atoms with Gasteiger partial charge in [0.05, 0.1) is 25.0 Å². The average Bonchev–Trinajstić information content (AvgIpc) is 3.33. The smallest absolute Gasteiger partial charge is 0.213 e. The number of aromatic nitrogens is 2. The molecule has 0 saturated carbocycles. The Morgan fingerprint density at radius 1 is 0.659 bits per heavy atom. The fraction of sp³-hybridized carbons (Fsp3) is 0.297. The monoisotopic (exact) mass is 544 g/mol. The van der Waals surface area contributed by atoms with Crippen molar-refractivity contribution >= 4 is 10.9 Å². The lowest BCUT2D eigenvalue weighted by Gasteiger charge is -2.32. The number of pyridine rings is 2. The molecule has 4 nitrogen and oxygen atoms in total. The van der Waals surface area contributed by atoms with Crippen molar-refractivity contribution in [3.63, 3.8) is 0 Å². The quantitative estimate of drug-likeness (QED) is 0.168. The van der Waals surface area contributed by atoms with Crippen molar-refractivity contribution in [3.05, 3.63) is 120 Å². The maximum absolute atomic E-state index is 5.60. The van der Waals surface area contributed by atoms with Crippen LogP contribution < -0.4 is 18.6 Å². The van der Waals surface area contributed by atoms with E-state index in [2.05, 4.69) is 120 Å². The molecule has 41 heavy (non-hydrogen) atoms. The van der Waals surface area contributed by atoms with Crippen LogP contribution in [0.5, 0.6) is 11.5 Å². The highest BCUT2D eigenvalue weighted by atomic mass is 16.5. The molecule has 6 rings (SSSR count). The molecule has 0 amide bonds. The van der Waals surface area contributed by atoms with Gasteiger partial charge in [0.15, 0.2) is 18.6 Å². The molecule has 208 valence electrons. The predicted molar refractivity (Wildman–Crippen MR) is 165 cm³/mol. The highest BCUT2D eigenvalue weighted by Gasteiger charge is 2.50. The van der Waals surface area contributed by atoms with E-state index in [1.807, 2.05) is 0 Å². The zero-order valence-corrected chi connectivity index (χ0v) is 24.7. The molecule has 1 aliphatic carbocycles. The third kappa shape index (κ3) is 4.46. The van der Waals surface area contributed by atoms with Crippen LogP contribution in [0.4, 0.5) is 0 Å². The summed E-state index contributed by atoms with van der Waals surface area (Å²) < 4.78 is 16.1. The minimum absolute atomic E-state index is 0.504. The van der Waals surface area contributed by atoms with E-state index in [0.29, 0.717) is 0 Å². The van der Waals surface area contributed by atoms with Gasteiger partial charge < -0.3 is 9.47 Å². The molecule has 0 aliphatic heterocycles. The Morgan fingerprint density at radius 3 is 1.88 bits per heavy atom. The molecule has 2 heterocycles. The highest BCUT2D eigenvalue weighted by molar-refractivity contribution is 6.00. The summed E-state index contributed by atoms with van der Waals surface area (Å²) >= 11 is 0. The van der Waals surface area contributed by atoms with E-state index >= 15 is 0 Å². The van der Waals surface area contributed by atoms with Crippen LogP contribution in [0.2, 0.25) is 0 Å². The highest BCUT2D eigenvalue weighted by Crippen LogP contribution is 2.57. The average molecular weight is 545 g/mol. The molecule has 2 aromatic heterocycles. The number of benzene rings is 3. The molecule has 0 radical (unpaired) electrons. The summed E-state index contributed by atoms with van der Waals surface area (Å²) in [7, 11) is 3.46. The van der Waals surface area contributed by atoms with Gasteiger partial charge in [-0.1, -0.05) is 63.1 Å². The zero-order chi connectivity index (χ0) is 28.4. The second kappa shape index (κ2) is 11.4. The zero-order valence-electron chi connectivity index (χ0n) is 24.7. The van der Waals surface area contributed by atoms with Crippen LogP contribution in [-0.2, 0) is 18.5 Å². The first-order valence-electron chi connectivity index (χ1n) is 14.9.